The zero-order chi connectivity index (χ0) is 14.8. The minimum atomic E-state index is 0.850. The number of rotatable bonds is 4. The summed E-state index contributed by atoms with van der Waals surface area (Å²) in [6, 6.07) is 13.0. The van der Waals surface area contributed by atoms with Crippen LogP contribution in [0.4, 0.5) is 11.4 Å². The molecule has 0 saturated heterocycles. The molecule has 1 N–H and O–H groups in total. The predicted molar refractivity (Wildman–Crippen MR) is 88.5 cm³/mol. The van der Waals surface area contributed by atoms with Crippen molar-refractivity contribution >= 4 is 11.4 Å². The van der Waals surface area contributed by atoms with Crippen LogP contribution in [0.1, 0.15) is 16.7 Å². The van der Waals surface area contributed by atoms with Gasteiger partial charge in [0.05, 0.1) is 7.11 Å². The Hall–Kier alpha value is -2.16. The minimum absolute atomic E-state index is 0.850. The highest BCUT2D eigenvalue weighted by atomic mass is 16.5. The van der Waals surface area contributed by atoms with Crippen LogP contribution in [-0.4, -0.2) is 20.7 Å². The second-order valence-electron chi connectivity index (χ2n) is 5.67. The van der Waals surface area contributed by atoms with Gasteiger partial charge in [0.25, 0.3) is 0 Å². The van der Waals surface area contributed by atoms with E-state index in [0.717, 1.165) is 36.5 Å². The molecule has 3 heteroatoms. The van der Waals surface area contributed by atoms with Crippen LogP contribution in [0, 0.1) is 6.92 Å². The third-order valence-electron chi connectivity index (χ3n) is 4.16. The number of hydrogen-bond donors (Lipinski definition) is 1. The van der Waals surface area contributed by atoms with Crippen molar-refractivity contribution in [3.05, 3.63) is 53.1 Å². The van der Waals surface area contributed by atoms with Crippen LogP contribution in [0.15, 0.2) is 36.4 Å². The lowest BCUT2D eigenvalue weighted by Gasteiger charge is -2.13. The van der Waals surface area contributed by atoms with Gasteiger partial charge in [-0.1, -0.05) is 12.1 Å². The first-order chi connectivity index (χ1) is 10.2. The smallest absolute Gasteiger partial charge is 0.121 e. The fourth-order valence-corrected chi connectivity index (χ4v) is 2.92. The summed E-state index contributed by atoms with van der Waals surface area (Å²) in [5.74, 6) is 0.932. The normalized spacial score (nSPS) is 13.2. The molecule has 0 spiro atoms. The monoisotopic (exact) mass is 282 g/mol. The quantitative estimate of drug-likeness (QED) is 0.927. The van der Waals surface area contributed by atoms with Crippen molar-refractivity contribution in [2.45, 2.75) is 19.9 Å². The summed E-state index contributed by atoms with van der Waals surface area (Å²) < 4.78 is 5.29. The molecule has 3 nitrogen and oxygen atoms in total. The van der Waals surface area contributed by atoms with E-state index in [-0.39, 0.29) is 0 Å². The summed E-state index contributed by atoms with van der Waals surface area (Å²) in [6.07, 6.45) is 1.15. The lowest BCUT2D eigenvalue weighted by Crippen LogP contribution is -2.12. The Morgan fingerprint density at radius 2 is 2.05 bits per heavy atom. The molecule has 0 saturated carbocycles. The van der Waals surface area contributed by atoms with Gasteiger partial charge in [0.1, 0.15) is 5.75 Å². The molecule has 1 aliphatic heterocycles. The zero-order valence-electron chi connectivity index (χ0n) is 12.9. The fraction of sp³-hybridized carbons (Fsp3) is 0.333. The van der Waals surface area contributed by atoms with Crippen molar-refractivity contribution < 1.29 is 4.74 Å². The molecule has 0 amide bonds. The van der Waals surface area contributed by atoms with Crippen molar-refractivity contribution in [3.8, 4) is 5.75 Å². The molecule has 0 fully saturated rings. The maximum atomic E-state index is 5.29. The number of anilines is 2. The average molecular weight is 282 g/mol. The van der Waals surface area contributed by atoms with Gasteiger partial charge in [-0.2, -0.15) is 0 Å². The third-order valence-corrected chi connectivity index (χ3v) is 4.16. The Morgan fingerprint density at radius 1 is 1.19 bits per heavy atom. The molecular weight excluding hydrogens is 260 g/mol. The van der Waals surface area contributed by atoms with E-state index < -0.39 is 0 Å². The number of benzene rings is 2. The number of nitrogens with zero attached hydrogens (tertiary/aromatic N) is 1. The number of hydrogen-bond acceptors (Lipinski definition) is 3. The van der Waals surface area contributed by atoms with Crippen LogP contribution < -0.4 is 15.0 Å². The lowest BCUT2D eigenvalue weighted by atomic mass is 10.1. The Morgan fingerprint density at radius 3 is 2.81 bits per heavy atom. The first-order valence-corrected chi connectivity index (χ1v) is 7.39. The highest BCUT2D eigenvalue weighted by Gasteiger charge is 2.15. The van der Waals surface area contributed by atoms with E-state index in [1.165, 1.54) is 16.8 Å². The van der Waals surface area contributed by atoms with Gasteiger partial charge in [-0.3, -0.25) is 0 Å². The second-order valence-corrected chi connectivity index (χ2v) is 5.67. The number of ether oxygens (including phenoxy) is 1. The van der Waals surface area contributed by atoms with Crippen LogP contribution in [0.2, 0.25) is 0 Å². The average Bonchev–Trinajstić information content (AvgIpc) is 2.86. The van der Waals surface area contributed by atoms with Crippen LogP contribution in [0.25, 0.3) is 0 Å². The van der Waals surface area contributed by atoms with Gasteiger partial charge in [0, 0.05) is 31.5 Å². The molecule has 0 radical (unpaired) electrons. The molecule has 1 heterocycles. The van der Waals surface area contributed by atoms with Gasteiger partial charge in [-0.15, -0.1) is 0 Å². The molecule has 0 atom stereocenters. The SMILES string of the molecule is COc1ccc(NCc2ccc3c(c2)CCN3C)cc1C. The number of likely N-dealkylation sites (N-methyl/N-ethyl adjacent to an activating group) is 1. The predicted octanol–water partition coefficient (Wildman–Crippen LogP) is 3.61. The summed E-state index contributed by atoms with van der Waals surface area (Å²) in [6.45, 7) is 4.04. The Balaban J connectivity index is 1.69. The van der Waals surface area contributed by atoms with Crippen molar-refractivity contribution in [1.82, 2.24) is 0 Å². The molecular formula is C18H22N2O. The van der Waals surface area contributed by atoms with E-state index in [1.54, 1.807) is 7.11 Å². The van der Waals surface area contributed by atoms with E-state index in [9.17, 15) is 0 Å². The molecule has 0 aromatic heterocycles. The van der Waals surface area contributed by atoms with Gasteiger partial charge >= 0.3 is 0 Å². The minimum Gasteiger partial charge on any atom is -0.496 e. The first-order valence-electron chi connectivity index (χ1n) is 7.39. The zero-order valence-corrected chi connectivity index (χ0v) is 12.9. The molecule has 110 valence electrons. The van der Waals surface area contributed by atoms with Gasteiger partial charge in [0.2, 0.25) is 0 Å². The standard InChI is InChI=1S/C18H22N2O/c1-13-10-16(5-7-18(13)21-3)19-12-14-4-6-17-15(11-14)8-9-20(17)2/h4-7,10-11,19H,8-9,12H2,1-3H3. The van der Waals surface area contributed by atoms with E-state index >= 15 is 0 Å². The van der Waals surface area contributed by atoms with Gasteiger partial charge < -0.3 is 15.0 Å². The number of methoxy groups -OCH3 is 1. The van der Waals surface area contributed by atoms with Crippen molar-refractivity contribution in [2.24, 2.45) is 0 Å². The van der Waals surface area contributed by atoms with Crippen LogP contribution in [-0.2, 0) is 13.0 Å². The van der Waals surface area contributed by atoms with Crippen molar-refractivity contribution in [2.75, 3.05) is 30.9 Å². The molecule has 0 unspecified atom stereocenters. The molecule has 3 rings (SSSR count). The summed E-state index contributed by atoms with van der Waals surface area (Å²) in [5.41, 5.74) is 6.45. The summed E-state index contributed by atoms with van der Waals surface area (Å²) in [5, 5.41) is 3.49. The third kappa shape index (κ3) is 2.82. The lowest BCUT2D eigenvalue weighted by molar-refractivity contribution is 0.412. The van der Waals surface area contributed by atoms with Crippen molar-refractivity contribution in [1.29, 1.82) is 0 Å². The highest BCUT2D eigenvalue weighted by molar-refractivity contribution is 5.59. The topological polar surface area (TPSA) is 24.5 Å². The highest BCUT2D eigenvalue weighted by Crippen LogP contribution is 2.28. The number of fused-ring (bicyclic) bond motifs is 1. The summed E-state index contributed by atoms with van der Waals surface area (Å²) in [7, 11) is 3.86. The van der Waals surface area contributed by atoms with Crippen LogP contribution in [0.3, 0.4) is 0 Å². The summed E-state index contributed by atoms with van der Waals surface area (Å²) in [4.78, 5) is 2.32. The fourth-order valence-electron chi connectivity index (χ4n) is 2.92. The number of aryl methyl sites for hydroxylation is 1. The Labute approximate surface area is 126 Å². The molecule has 1 aliphatic rings. The van der Waals surface area contributed by atoms with Crippen LogP contribution >= 0.6 is 0 Å². The van der Waals surface area contributed by atoms with Crippen LogP contribution in [0.5, 0.6) is 5.75 Å². The first kappa shape index (κ1) is 13.8. The molecule has 21 heavy (non-hydrogen) atoms. The maximum Gasteiger partial charge on any atom is 0.121 e. The van der Waals surface area contributed by atoms with E-state index in [4.69, 9.17) is 4.74 Å². The maximum absolute atomic E-state index is 5.29. The molecule has 2 aromatic rings. The summed E-state index contributed by atoms with van der Waals surface area (Å²) >= 11 is 0. The van der Waals surface area contributed by atoms with Gasteiger partial charge in [-0.05, 0) is 54.3 Å². The van der Waals surface area contributed by atoms with E-state index in [2.05, 4.69) is 54.5 Å². The Kier molecular flexibility index (Phi) is 3.74. The second kappa shape index (κ2) is 5.68. The molecule has 0 aliphatic carbocycles. The van der Waals surface area contributed by atoms with E-state index in [1.807, 2.05) is 6.07 Å². The molecule has 2 aromatic carbocycles. The van der Waals surface area contributed by atoms with Crippen molar-refractivity contribution in [3.63, 3.8) is 0 Å². The largest absolute Gasteiger partial charge is 0.496 e. The molecule has 0 bridgehead atoms. The number of nitrogens with one attached hydrogen (secondary N) is 1. The Bertz CT molecular complexity index is 652. The van der Waals surface area contributed by atoms with Gasteiger partial charge in [0.15, 0.2) is 0 Å². The van der Waals surface area contributed by atoms with Gasteiger partial charge in [-0.25, -0.2) is 0 Å². The van der Waals surface area contributed by atoms with E-state index in [0.29, 0.717) is 0 Å².